The van der Waals surface area contributed by atoms with E-state index in [1.54, 1.807) is 30.2 Å². The number of halogens is 2. The number of ether oxygens (including phenoxy) is 1. The van der Waals surface area contributed by atoms with Crippen LogP contribution in [0.2, 0.25) is 0 Å². The maximum absolute atomic E-state index is 14.2. The Bertz CT molecular complexity index is 1340. The average Bonchev–Trinajstić information content (AvgIpc) is 3.51. The number of alkyl halides is 2. The molecule has 2 aromatic carbocycles. The molecule has 1 fully saturated rings. The van der Waals surface area contributed by atoms with Gasteiger partial charge in [-0.1, -0.05) is 0 Å². The quantitative estimate of drug-likeness (QED) is 0.377. The molecule has 2 aliphatic heterocycles. The Morgan fingerprint density at radius 1 is 1.15 bits per heavy atom. The minimum absolute atomic E-state index is 0.0611. The van der Waals surface area contributed by atoms with E-state index in [1.165, 1.54) is 11.1 Å². The van der Waals surface area contributed by atoms with E-state index in [0.29, 0.717) is 11.5 Å². The highest BCUT2D eigenvalue weighted by atomic mass is 19.3. The highest BCUT2D eigenvalue weighted by Crippen LogP contribution is 2.43. The number of H-pyrrole nitrogens is 1. The van der Waals surface area contributed by atoms with Gasteiger partial charge >= 0.3 is 0 Å². The maximum atomic E-state index is 14.2. The first-order valence-electron chi connectivity index (χ1n) is 12.0. The molecule has 0 unspecified atom stereocenters. The van der Waals surface area contributed by atoms with Gasteiger partial charge in [-0.3, -0.25) is 4.68 Å². The molecular formula is C27H28F2N4O. The van der Waals surface area contributed by atoms with Crippen LogP contribution < -0.4 is 4.90 Å². The summed E-state index contributed by atoms with van der Waals surface area (Å²) in [5, 5.41) is 5.35. The molecule has 5 nitrogen and oxygen atoms in total. The van der Waals surface area contributed by atoms with Crippen LogP contribution >= 0.6 is 0 Å². The molecule has 0 saturated carbocycles. The Balaban J connectivity index is 1.47. The SMILES string of the molecule is Cn1cc(-c2cc3c(cc2C(F)F)N(c2cc(C4CCOCC4)c4[nH]ccc4c2)CCC3)cn1. The summed E-state index contributed by atoms with van der Waals surface area (Å²) in [6.07, 6.45) is 6.73. The maximum Gasteiger partial charge on any atom is 0.264 e. The van der Waals surface area contributed by atoms with E-state index in [-0.39, 0.29) is 5.56 Å². The van der Waals surface area contributed by atoms with Crippen molar-refractivity contribution in [1.29, 1.82) is 0 Å². The van der Waals surface area contributed by atoms with Gasteiger partial charge in [0.1, 0.15) is 0 Å². The number of fused-ring (bicyclic) bond motifs is 2. The number of aromatic nitrogens is 3. The second-order valence-electron chi connectivity index (χ2n) is 9.39. The number of benzene rings is 2. The summed E-state index contributed by atoms with van der Waals surface area (Å²) in [5.74, 6) is 0.434. The highest BCUT2D eigenvalue weighted by molar-refractivity contribution is 5.89. The Labute approximate surface area is 197 Å². The topological polar surface area (TPSA) is 46.1 Å². The lowest BCUT2D eigenvalue weighted by molar-refractivity contribution is 0.0856. The van der Waals surface area contributed by atoms with Crippen molar-refractivity contribution >= 4 is 22.3 Å². The zero-order valence-corrected chi connectivity index (χ0v) is 19.2. The third-order valence-corrected chi connectivity index (χ3v) is 7.27. The van der Waals surface area contributed by atoms with Gasteiger partial charge in [-0.05, 0) is 78.6 Å². The summed E-state index contributed by atoms with van der Waals surface area (Å²) in [4.78, 5) is 5.65. The molecule has 4 heterocycles. The second-order valence-corrected chi connectivity index (χ2v) is 9.39. The fourth-order valence-electron chi connectivity index (χ4n) is 5.58. The van der Waals surface area contributed by atoms with Crippen molar-refractivity contribution < 1.29 is 13.5 Å². The van der Waals surface area contributed by atoms with E-state index >= 15 is 0 Å². The summed E-state index contributed by atoms with van der Waals surface area (Å²) in [7, 11) is 1.80. The van der Waals surface area contributed by atoms with Crippen LogP contribution in [0.25, 0.3) is 22.0 Å². The number of nitrogens with zero attached hydrogens (tertiary/aromatic N) is 3. The van der Waals surface area contributed by atoms with Gasteiger partial charge in [0.25, 0.3) is 6.43 Å². The van der Waals surface area contributed by atoms with Crippen LogP contribution in [0.1, 0.15) is 48.3 Å². The molecule has 6 rings (SSSR count). The second kappa shape index (κ2) is 8.55. The number of rotatable bonds is 4. The molecule has 1 saturated heterocycles. The molecule has 0 amide bonds. The summed E-state index contributed by atoms with van der Waals surface area (Å²) >= 11 is 0. The number of hydrogen-bond acceptors (Lipinski definition) is 3. The van der Waals surface area contributed by atoms with Crippen LogP contribution in [0.15, 0.2) is 48.9 Å². The third-order valence-electron chi connectivity index (χ3n) is 7.27. The summed E-state index contributed by atoms with van der Waals surface area (Å²) in [6.45, 7) is 2.36. The standard InChI is InChI=1S/C27H28F2N4O/c1-32-16-20(15-31-32)22-12-18-3-2-8-33(25(18)14-24(22)27(28)29)21-11-19-4-7-30-26(19)23(13-21)17-5-9-34-10-6-17/h4,7,11-17,27,30H,2-3,5-6,8-10H2,1H3. The molecule has 0 bridgehead atoms. The van der Waals surface area contributed by atoms with Crippen LogP contribution in [0, 0.1) is 0 Å². The van der Waals surface area contributed by atoms with E-state index in [1.807, 2.05) is 12.3 Å². The lowest BCUT2D eigenvalue weighted by atomic mass is 9.89. The van der Waals surface area contributed by atoms with Crippen molar-refractivity contribution in [2.24, 2.45) is 7.05 Å². The smallest absolute Gasteiger partial charge is 0.264 e. The monoisotopic (exact) mass is 462 g/mol. The summed E-state index contributed by atoms with van der Waals surface area (Å²) < 4.78 is 35.7. The van der Waals surface area contributed by atoms with E-state index in [2.05, 4.69) is 33.2 Å². The van der Waals surface area contributed by atoms with Gasteiger partial charge in [0.05, 0.1) is 6.20 Å². The van der Waals surface area contributed by atoms with Gasteiger partial charge in [0.2, 0.25) is 0 Å². The van der Waals surface area contributed by atoms with Crippen LogP contribution in [-0.4, -0.2) is 34.5 Å². The molecule has 2 aromatic heterocycles. The number of hydrogen-bond donors (Lipinski definition) is 1. The molecule has 2 aliphatic rings. The van der Waals surface area contributed by atoms with Crippen molar-refractivity contribution in [3.8, 4) is 11.1 Å². The Kier molecular flexibility index (Phi) is 5.37. The minimum atomic E-state index is -2.56. The molecule has 0 radical (unpaired) electrons. The first kappa shape index (κ1) is 21.4. The lowest BCUT2D eigenvalue weighted by Gasteiger charge is -2.33. The highest BCUT2D eigenvalue weighted by Gasteiger charge is 2.26. The number of aryl methyl sites for hydroxylation is 2. The fourth-order valence-corrected chi connectivity index (χ4v) is 5.58. The molecule has 34 heavy (non-hydrogen) atoms. The van der Waals surface area contributed by atoms with Crippen molar-refractivity contribution in [3.63, 3.8) is 0 Å². The molecule has 1 N–H and O–H groups in total. The predicted octanol–water partition coefficient (Wildman–Crippen LogP) is 6.48. The zero-order chi connectivity index (χ0) is 23.2. The Hall–Kier alpha value is -3.19. The van der Waals surface area contributed by atoms with Crippen molar-refractivity contribution in [2.45, 2.75) is 38.0 Å². The summed E-state index contributed by atoms with van der Waals surface area (Å²) in [6, 6.07) is 10.2. The first-order valence-corrected chi connectivity index (χ1v) is 12.0. The molecule has 4 aromatic rings. The normalized spacial score (nSPS) is 17.0. The first-order chi connectivity index (χ1) is 16.6. The van der Waals surface area contributed by atoms with Crippen LogP contribution in [0.3, 0.4) is 0 Å². The van der Waals surface area contributed by atoms with E-state index < -0.39 is 6.43 Å². The fraction of sp³-hybridized carbons (Fsp3) is 0.370. The molecule has 0 spiro atoms. The van der Waals surface area contributed by atoms with E-state index in [9.17, 15) is 8.78 Å². The van der Waals surface area contributed by atoms with Crippen LogP contribution in [-0.2, 0) is 18.2 Å². The van der Waals surface area contributed by atoms with E-state index in [4.69, 9.17) is 4.74 Å². The largest absolute Gasteiger partial charge is 0.381 e. The zero-order valence-electron chi connectivity index (χ0n) is 19.2. The molecular weight excluding hydrogens is 434 g/mol. The van der Waals surface area contributed by atoms with Gasteiger partial charge in [0, 0.05) is 72.6 Å². The minimum Gasteiger partial charge on any atom is -0.381 e. The predicted molar refractivity (Wildman–Crippen MR) is 130 cm³/mol. The van der Waals surface area contributed by atoms with Crippen LogP contribution in [0.4, 0.5) is 20.2 Å². The van der Waals surface area contributed by atoms with Gasteiger partial charge < -0.3 is 14.6 Å². The van der Waals surface area contributed by atoms with Gasteiger partial charge in [-0.15, -0.1) is 0 Å². The third kappa shape index (κ3) is 3.68. The lowest BCUT2D eigenvalue weighted by Crippen LogP contribution is -2.25. The van der Waals surface area contributed by atoms with Gasteiger partial charge in [-0.25, -0.2) is 8.78 Å². The molecule has 7 heteroatoms. The van der Waals surface area contributed by atoms with Gasteiger partial charge in [0.15, 0.2) is 0 Å². The van der Waals surface area contributed by atoms with Crippen molar-refractivity contribution in [3.05, 3.63) is 65.6 Å². The Morgan fingerprint density at radius 3 is 2.76 bits per heavy atom. The van der Waals surface area contributed by atoms with Crippen molar-refractivity contribution in [2.75, 3.05) is 24.7 Å². The number of anilines is 2. The molecule has 0 atom stereocenters. The average molecular weight is 463 g/mol. The molecule has 176 valence electrons. The van der Waals surface area contributed by atoms with Crippen molar-refractivity contribution in [1.82, 2.24) is 14.8 Å². The molecule has 0 aliphatic carbocycles. The number of nitrogens with one attached hydrogen (secondary N) is 1. The van der Waals surface area contributed by atoms with Gasteiger partial charge in [-0.2, -0.15) is 5.10 Å². The summed E-state index contributed by atoms with van der Waals surface area (Å²) in [5.41, 5.74) is 6.91. The Morgan fingerprint density at radius 2 is 2.00 bits per heavy atom. The van der Waals surface area contributed by atoms with E-state index in [0.717, 1.165) is 73.3 Å². The van der Waals surface area contributed by atoms with Crippen LogP contribution in [0.5, 0.6) is 0 Å². The number of aromatic amines is 1.